The largest absolute Gasteiger partial charge is 0.508 e. The zero-order chi connectivity index (χ0) is 13.2. The second kappa shape index (κ2) is 5.07. The fourth-order valence-corrected chi connectivity index (χ4v) is 1.99. The Labute approximate surface area is 104 Å². The highest BCUT2D eigenvalue weighted by atomic mass is 16.3. The van der Waals surface area contributed by atoms with Crippen LogP contribution in [0.25, 0.3) is 0 Å². The van der Waals surface area contributed by atoms with Gasteiger partial charge in [0.05, 0.1) is 5.60 Å². The average molecular weight is 237 g/mol. The number of aliphatic hydroxyl groups is 1. The molecule has 96 valence electrons. The predicted octanol–water partition coefficient (Wildman–Crippen LogP) is 2.21. The van der Waals surface area contributed by atoms with Gasteiger partial charge in [0.15, 0.2) is 0 Å². The van der Waals surface area contributed by atoms with E-state index in [-0.39, 0.29) is 0 Å². The molecule has 0 aliphatic carbocycles. The SMILES string of the molecule is Cc1cc(O)c(CN(C)CC(C)(C)O)cc1C. The maximum atomic E-state index is 9.87. The molecule has 3 heteroatoms. The smallest absolute Gasteiger partial charge is 0.120 e. The first-order valence-corrected chi connectivity index (χ1v) is 5.89. The number of nitrogens with zero attached hydrogens (tertiary/aromatic N) is 1. The lowest BCUT2D eigenvalue weighted by Gasteiger charge is -2.25. The first-order chi connectivity index (χ1) is 7.69. The molecule has 0 saturated carbocycles. The lowest BCUT2D eigenvalue weighted by atomic mass is 10.0. The second-order valence-electron chi connectivity index (χ2n) is 5.55. The van der Waals surface area contributed by atoms with Gasteiger partial charge < -0.3 is 10.2 Å². The Hall–Kier alpha value is -1.06. The summed E-state index contributed by atoms with van der Waals surface area (Å²) in [7, 11) is 1.94. The molecule has 0 bridgehead atoms. The number of benzene rings is 1. The van der Waals surface area contributed by atoms with Crippen LogP contribution in [0.2, 0.25) is 0 Å². The minimum Gasteiger partial charge on any atom is -0.508 e. The van der Waals surface area contributed by atoms with Gasteiger partial charge in [-0.05, 0) is 51.9 Å². The number of phenolic OH excluding ortho intramolecular Hbond substituents is 1. The summed E-state index contributed by atoms with van der Waals surface area (Å²) in [5.74, 6) is 0.329. The van der Waals surface area contributed by atoms with E-state index in [1.807, 2.05) is 31.9 Å². The molecule has 0 radical (unpaired) electrons. The Bertz CT molecular complexity index is 394. The van der Waals surface area contributed by atoms with Gasteiger partial charge in [0.1, 0.15) is 5.75 Å². The fraction of sp³-hybridized carbons (Fsp3) is 0.571. The Kier molecular flexibility index (Phi) is 4.17. The van der Waals surface area contributed by atoms with Gasteiger partial charge in [-0.3, -0.25) is 4.90 Å². The molecule has 0 aromatic heterocycles. The van der Waals surface area contributed by atoms with E-state index >= 15 is 0 Å². The van der Waals surface area contributed by atoms with E-state index in [0.29, 0.717) is 18.8 Å². The molecular weight excluding hydrogens is 214 g/mol. The van der Waals surface area contributed by atoms with Crippen LogP contribution < -0.4 is 0 Å². The third-order valence-electron chi connectivity index (χ3n) is 2.79. The number of aryl methyl sites for hydroxylation is 2. The minimum atomic E-state index is -0.718. The van der Waals surface area contributed by atoms with Crippen molar-refractivity contribution in [3.05, 3.63) is 28.8 Å². The maximum Gasteiger partial charge on any atom is 0.120 e. The monoisotopic (exact) mass is 237 g/mol. The normalized spacial score (nSPS) is 12.2. The summed E-state index contributed by atoms with van der Waals surface area (Å²) < 4.78 is 0. The van der Waals surface area contributed by atoms with Crippen molar-refractivity contribution in [3.8, 4) is 5.75 Å². The molecule has 1 aromatic carbocycles. The van der Waals surface area contributed by atoms with Gasteiger partial charge in [0.2, 0.25) is 0 Å². The van der Waals surface area contributed by atoms with Gasteiger partial charge in [-0.2, -0.15) is 0 Å². The second-order valence-corrected chi connectivity index (χ2v) is 5.55. The molecule has 0 heterocycles. The van der Waals surface area contributed by atoms with Gasteiger partial charge in [-0.25, -0.2) is 0 Å². The van der Waals surface area contributed by atoms with Gasteiger partial charge in [-0.1, -0.05) is 6.07 Å². The van der Waals surface area contributed by atoms with Crippen molar-refractivity contribution in [3.63, 3.8) is 0 Å². The Balaban J connectivity index is 2.78. The molecule has 1 aromatic rings. The maximum absolute atomic E-state index is 9.87. The Morgan fingerprint density at radius 1 is 1.18 bits per heavy atom. The summed E-state index contributed by atoms with van der Waals surface area (Å²) in [5, 5.41) is 19.6. The number of aromatic hydroxyl groups is 1. The highest BCUT2D eigenvalue weighted by molar-refractivity contribution is 5.40. The van der Waals surface area contributed by atoms with Crippen LogP contribution in [0.15, 0.2) is 12.1 Å². The minimum absolute atomic E-state index is 0.329. The summed E-state index contributed by atoms with van der Waals surface area (Å²) in [6, 6.07) is 3.80. The van der Waals surface area contributed by atoms with Crippen molar-refractivity contribution >= 4 is 0 Å². The Morgan fingerprint density at radius 3 is 2.24 bits per heavy atom. The van der Waals surface area contributed by atoms with Crippen molar-refractivity contribution in [2.75, 3.05) is 13.6 Å². The standard InChI is InChI=1S/C14H23NO2/c1-10-6-12(13(16)7-11(10)2)8-15(5)9-14(3,4)17/h6-7,16-17H,8-9H2,1-5H3. The van der Waals surface area contributed by atoms with Crippen molar-refractivity contribution < 1.29 is 10.2 Å². The van der Waals surface area contributed by atoms with E-state index in [0.717, 1.165) is 11.1 Å². The molecular formula is C14H23NO2. The van der Waals surface area contributed by atoms with Gasteiger partial charge in [-0.15, -0.1) is 0 Å². The van der Waals surface area contributed by atoms with E-state index in [1.54, 1.807) is 19.9 Å². The van der Waals surface area contributed by atoms with Crippen LogP contribution in [-0.4, -0.2) is 34.3 Å². The van der Waals surface area contributed by atoms with E-state index in [2.05, 4.69) is 0 Å². The summed E-state index contributed by atoms with van der Waals surface area (Å²) in [4.78, 5) is 2.00. The third kappa shape index (κ3) is 4.36. The Morgan fingerprint density at radius 2 is 1.71 bits per heavy atom. The van der Waals surface area contributed by atoms with Crippen molar-refractivity contribution in [1.29, 1.82) is 0 Å². The highest BCUT2D eigenvalue weighted by Crippen LogP contribution is 2.23. The summed E-state index contributed by atoms with van der Waals surface area (Å²) in [6.45, 7) is 8.79. The van der Waals surface area contributed by atoms with Crippen LogP contribution in [-0.2, 0) is 6.54 Å². The predicted molar refractivity (Wildman–Crippen MR) is 70.2 cm³/mol. The van der Waals surface area contributed by atoms with Gasteiger partial charge in [0.25, 0.3) is 0 Å². The number of phenols is 1. The molecule has 2 N–H and O–H groups in total. The van der Waals surface area contributed by atoms with Crippen molar-refractivity contribution in [2.45, 2.75) is 39.8 Å². The molecule has 17 heavy (non-hydrogen) atoms. The van der Waals surface area contributed by atoms with Crippen LogP contribution in [0.4, 0.5) is 0 Å². The van der Waals surface area contributed by atoms with Crippen LogP contribution in [0.5, 0.6) is 5.75 Å². The van der Waals surface area contributed by atoms with Crippen LogP contribution in [0.1, 0.15) is 30.5 Å². The molecule has 0 aliphatic heterocycles. The lowest BCUT2D eigenvalue weighted by Crippen LogP contribution is -2.35. The molecule has 3 nitrogen and oxygen atoms in total. The molecule has 0 aliphatic rings. The third-order valence-corrected chi connectivity index (χ3v) is 2.79. The van der Waals surface area contributed by atoms with E-state index < -0.39 is 5.60 Å². The molecule has 0 unspecified atom stereocenters. The first kappa shape index (κ1) is 14.0. The quantitative estimate of drug-likeness (QED) is 0.844. The van der Waals surface area contributed by atoms with Crippen LogP contribution in [0, 0.1) is 13.8 Å². The zero-order valence-electron chi connectivity index (χ0n) is 11.4. The summed E-state index contributed by atoms with van der Waals surface area (Å²) >= 11 is 0. The molecule has 0 fully saturated rings. The van der Waals surface area contributed by atoms with Gasteiger partial charge >= 0.3 is 0 Å². The number of hydrogen-bond acceptors (Lipinski definition) is 3. The van der Waals surface area contributed by atoms with Crippen LogP contribution >= 0.6 is 0 Å². The fourth-order valence-electron chi connectivity index (χ4n) is 1.99. The lowest BCUT2D eigenvalue weighted by molar-refractivity contribution is 0.0422. The van der Waals surface area contributed by atoms with Crippen molar-refractivity contribution in [2.24, 2.45) is 0 Å². The van der Waals surface area contributed by atoms with E-state index in [9.17, 15) is 10.2 Å². The molecule has 0 atom stereocenters. The molecule has 0 spiro atoms. The number of hydrogen-bond donors (Lipinski definition) is 2. The van der Waals surface area contributed by atoms with Crippen molar-refractivity contribution in [1.82, 2.24) is 4.90 Å². The zero-order valence-corrected chi connectivity index (χ0v) is 11.4. The van der Waals surface area contributed by atoms with Crippen LogP contribution in [0.3, 0.4) is 0 Å². The average Bonchev–Trinajstić information content (AvgIpc) is 2.11. The van der Waals surface area contributed by atoms with E-state index in [1.165, 1.54) is 5.56 Å². The summed E-state index contributed by atoms with van der Waals surface area (Å²) in [6.07, 6.45) is 0. The number of likely N-dealkylation sites (N-methyl/N-ethyl adjacent to an activating group) is 1. The molecule has 1 rings (SSSR count). The molecule has 0 amide bonds. The topological polar surface area (TPSA) is 43.7 Å². The summed E-state index contributed by atoms with van der Waals surface area (Å²) in [5.41, 5.74) is 2.45. The van der Waals surface area contributed by atoms with E-state index in [4.69, 9.17) is 0 Å². The molecule has 0 saturated heterocycles. The van der Waals surface area contributed by atoms with Gasteiger partial charge in [0, 0.05) is 18.7 Å². The highest BCUT2D eigenvalue weighted by Gasteiger charge is 2.16. The first-order valence-electron chi connectivity index (χ1n) is 5.89. The number of rotatable bonds is 4.